The summed E-state index contributed by atoms with van der Waals surface area (Å²) >= 11 is 10.5. The number of halogens is 1. The van der Waals surface area contributed by atoms with E-state index in [1.807, 2.05) is 18.5 Å². The van der Waals surface area contributed by atoms with E-state index in [0.29, 0.717) is 5.41 Å². The minimum atomic E-state index is 0.398. The van der Waals surface area contributed by atoms with E-state index in [1.165, 1.54) is 12.8 Å². The van der Waals surface area contributed by atoms with Crippen LogP contribution >= 0.6 is 24.2 Å². The van der Waals surface area contributed by atoms with Crippen LogP contribution in [-0.4, -0.2) is 15.5 Å². The number of thiol groups is 1. The van der Waals surface area contributed by atoms with E-state index in [4.69, 9.17) is 11.6 Å². The third kappa shape index (κ3) is 1.68. The van der Waals surface area contributed by atoms with Crippen LogP contribution in [0, 0.1) is 19.3 Å². The molecule has 14 heavy (non-hydrogen) atoms. The maximum Gasteiger partial charge on any atom is 0.0844 e. The molecule has 0 spiro atoms. The van der Waals surface area contributed by atoms with E-state index < -0.39 is 0 Å². The average molecular weight is 231 g/mol. The lowest BCUT2D eigenvalue weighted by atomic mass is 10.1. The molecule has 78 valence electrons. The van der Waals surface area contributed by atoms with Gasteiger partial charge in [0.2, 0.25) is 0 Å². The molecular weight excluding hydrogens is 216 g/mol. The Bertz CT molecular complexity index is 355. The molecule has 0 aliphatic heterocycles. The lowest BCUT2D eigenvalue weighted by Crippen LogP contribution is -2.15. The smallest absolute Gasteiger partial charge is 0.0844 e. The highest BCUT2D eigenvalue weighted by Gasteiger charge is 2.42. The third-order valence-corrected chi connectivity index (χ3v) is 4.29. The van der Waals surface area contributed by atoms with E-state index in [0.717, 1.165) is 28.7 Å². The summed E-state index contributed by atoms with van der Waals surface area (Å²) in [4.78, 5) is 0. The Balaban J connectivity index is 2.21. The van der Waals surface area contributed by atoms with Gasteiger partial charge in [0.15, 0.2) is 0 Å². The fourth-order valence-electron chi connectivity index (χ4n) is 1.69. The van der Waals surface area contributed by atoms with Crippen LogP contribution in [0.4, 0.5) is 0 Å². The fourth-order valence-corrected chi connectivity index (χ4v) is 2.24. The molecule has 0 aromatic carbocycles. The van der Waals surface area contributed by atoms with Gasteiger partial charge in [-0.3, -0.25) is 4.68 Å². The van der Waals surface area contributed by atoms with Crippen molar-refractivity contribution in [3.8, 4) is 0 Å². The average Bonchev–Trinajstić information content (AvgIpc) is 2.90. The minimum absolute atomic E-state index is 0.398. The van der Waals surface area contributed by atoms with E-state index in [-0.39, 0.29) is 0 Å². The van der Waals surface area contributed by atoms with Crippen LogP contribution in [0.25, 0.3) is 0 Å². The van der Waals surface area contributed by atoms with Crippen LogP contribution in [0.5, 0.6) is 0 Å². The van der Waals surface area contributed by atoms with Gasteiger partial charge < -0.3 is 0 Å². The van der Waals surface area contributed by atoms with Gasteiger partial charge in [-0.15, -0.1) is 0 Å². The molecule has 0 unspecified atom stereocenters. The van der Waals surface area contributed by atoms with E-state index >= 15 is 0 Å². The van der Waals surface area contributed by atoms with Gasteiger partial charge in [0.25, 0.3) is 0 Å². The Kier molecular flexibility index (Phi) is 2.56. The first-order valence-electron chi connectivity index (χ1n) is 4.88. The summed E-state index contributed by atoms with van der Waals surface area (Å²) in [6, 6.07) is 0. The molecule has 2 nitrogen and oxygen atoms in total. The van der Waals surface area contributed by atoms with Gasteiger partial charge in [0, 0.05) is 6.54 Å². The predicted octanol–water partition coefficient (Wildman–Crippen LogP) is 2.86. The summed E-state index contributed by atoms with van der Waals surface area (Å²) in [7, 11) is 0. The van der Waals surface area contributed by atoms with Crippen LogP contribution in [0.3, 0.4) is 0 Å². The normalized spacial score (nSPS) is 18.6. The lowest BCUT2D eigenvalue weighted by Gasteiger charge is -2.12. The monoisotopic (exact) mass is 230 g/mol. The molecule has 2 rings (SSSR count). The molecule has 0 atom stereocenters. The molecule has 1 heterocycles. The van der Waals surface area contributed by atoms with Gasteiger partial charge >= 0.3 is 0 Å². The molecule has 0 N–H and O–H groups in total. The maximum atomic E-state index is 6.09. The maximum absolute atomic E-state index is 6.09. The molecule has 0 amide bonds. The molecule has 1 aromatic heterocycles. The Morgan fingerprint density at radius 2 is 2.14 bits per heavy atom. The number of aryl methyl sites for hydroxylation is 1. The summed E-state index contributed by atoms with van der Waals surface area (Å²) in [6.45, 7) is 4.94. The van der Waals surface area contributed by atoms with Crippen molar-refractivity contribution in [1.82, 2.24) is 9.78 Å². The SMILES string of the molecule is Cc1nn(CC2(CS)CC2)c(C)c1Cl. The zero-order valence-corrected chi connectivity index (χ0v) is 10.2. The summed E-state index contributed by atoms with van der Waals surface area (Å²) in [5.41, 5.74) is 2.41. The number of rotatable bonds is 3. The molecule has 1 fully saturated rings. The first-order valence-corrected chi connectivity index (χ1v) is 5.89. The fraction of sp³-hybridized carbons (Fsp3) is 0.700. The second-order valence-corrected chi connectivity index (χ2v) is 4.99. The highest BCUT2D eigenvalue weighted by molar-refractivity contribution is 7.80. The highest BCUT2D eigenvalue weighted by atomic mass is 35.5. The van der Waals surface area contributed by atoms with Gasteiger partial charge in [0.1, 0.15) is 0 Å². The largest absolute Gasteiger partial charge is 0.267 e. The molecule has 1 saturated carbocycles. The van der Waals surface area contributed by atoms with Crippen LogP contribution in [0.2, 0.25) is 5.02 Å². The minimum Gasteiger partial charge on any atom is -0.267 e. The van der Waals surface area contributed by atoms with Crippen molar-refractivity contribution in [2.75, 3.05) is 5.75 Å². The van der Waals surface area contributed by atoms with Crippen LogP contribution in [-0.2, 0) is 6.54 Å². The Morgan fingerprint density at radius 1 is 1.50 bits per heavy atom. The van der Waals surface area contributed by atoms with Gasteiger partial charge in [-0.25, -0.2) is 0 Å². The van der Waals surface area contributed by atoms with Crippen molar-refractivity contribution in [2.45, 2.75) is 33.2 Å². The highest BCUT2D eigenvalue weighted by Crippen LogP contribution is 2.48. The van der Waals surface area contributed by atoms with E-state index in [1.54, 1.807) is 0 Å². The molecule has 1 aromatic rings. The number of aromatic nitrogens is 2. The molecule has 4 heteroatoms. The molecule has 0 saturated heterocycles. The third-order valence-electron chi connectivity index (χ3n) is 3.07. The zero-order chi connectivity index (χ0) is 10.3. The Morgan fingerprint density at radius 3 is 2.50 bits per heavy atom. The van der Waals surface area contributed by atoms with Crippen molar-refractivity contribution in [2.24, 2.45) is 5.41 Å². The van der Waals surface area contributed by atoms with Crippen molar-refractivity contribution in [3.05, 3.63) is 16.4 Å². The van der Waals surface area contributed by atoms with Crippen molar-refractivity contribution in [1.29, 1.82) is 0 Å². The predicted molar refractivity (Wildman–Crippen MR) is 62.2 cm³/mol. The van der Waals surface area contributed by atoms with Crippen molar-refractivity contribution >= 4 is 24.2 Å². The van der Waals surface area contributed by atoms with Crippen LogP contribution in [0.15, 0.2) is 0 Å². The Hall–Kier alpha value is -0.150. The molecule has 0 bridgehead atoms. The lowest BCUT2D eigenvalue weighted by molar-refractivity contribution is 0.432. The van der Waals surface area contributed by atoms with Gasteiger partial charge in [0.05, 0.1) is 16.4 Å². The summed E-state index contributed by atoms with van der Waals surface area (Å²) in [5.74, 6) is 0.947. The van der Waals surface area contributed by atoms with Crippen molar-refractivity contribution < 1.29 is 0 Å². The van der Waals surface area contributed by atoms with Gasteiger partial charge in [-0.1, -0.05) is 11.6 Å². The summed E-state index contributed by atoms with van der Waals surface area (Å²) < 4.78 is 2.03. The summed E-state index contributed by atoms with van der Waals surface area (Å²) in [5, 5.41) is 5.24. The quantitative estimate of drug-likeness (QED) is 0.791. The van der Waals surface area contributed by atoms with Gasteiger partial charge in [-0.05, 0) is 37.9 Å². The molecule has 1 aliphatic rings. The van der Waals surface area contributed by atoms with Crippen molar-refractivity contribution in [3.63, 3.8) is 0 Å². The second kappa shape index (κ2) is 3.46. The molecule has 1 aliphatic carbocycles. The first kappa shape index (κ1) is 10.4. The van der Waals surface area contributed by atoms with Crippen LogP contribution < -0.4 is 0 Å². The van der Waals surface area contributed by atoms with E-state index in [2.05, 4.69) is 17.7 Å². The Labute approximate surface area is 95.0 Å². The summed E-state index contributed by atoms with van der Waals surface area (Å²) in [6.07, 6.45) is 2.54. The number of nitrogens with zero attached hydrogens (tertiary/aromatic N) is 2. The number of hydrogen-bond donors (Lipinski definition) is 1. The first-order chi connectivity index (χ1) is 6.58. The molecule has 0 radical (unpaired) electrons. The topological polar surface area (TPSA) is 17.8 Å². The molecular formula is C10H15ClN2S. The standard InChI is InChI=1S/C10H15ClN2S/c1-7-9(11)8(2)13(12-7)5-10(6-14)3-4-10/h14H,3-6H2,1-2H3. The van der Waals surface area contributed by atoms with Crippen LogP contribution in [0.1, 0.15) is 24.2 Å². The van der Waals surface area contributed by atoms with Gasteiger partial charge in [-0.2, -0.15) is 17.7 Å². The zero-order valence-electron chi connectivity index (χ0n) is 8.55. The van der Waals surface area contributed by atoms with E-state index in [9.17, 15) is 0 Å². The number of hydrogen-bond acceptors (Lipinski definition) is 2. The second-order valence-electron chi connectivity index (χ2n) is 4.30.